The molecule has 0 aliphatic carbocycles. The molecule has 0 unspecified atom stereocenters. The fourth-order valence-electron chi connectivity index (χ4n) is 8.03. The summed E-state index contributed by atoms with van der Waals surface area (Å²) in [4.78, 5) is 2.39. The first-order valence-electron chi connectivity index (χ1n) is 17.6. The highest BCUT2D eigenvalue weighted by Crippen LogP contribution is 2.46. The summed E-state index contributed by atoms with van der Waals surface area (Å²) in [6.07, 6.45) is 0. The van der Waals surface area contributed by atoms with Crippen LogP contribution in [0.1, 0.15) is 0 Å². The summed E-state index contributed by atoms with van der Waals surface area (Å²) in [5.41, 5.74) is 10.7. The zero-order chi connectivity index (χ0) is 34.2. The van der Waals surface area contributed by atoms with Crippen molar-refractivity contribution in [3.8, 4) is 16.8 Å². The van der Waals surface area contributed by atoms with Crippen LogP contribution in [-0.2, 0) is 0 Å². The van der Waals surface area contributed by atoms with Crippen LogP contribution < -0.4 is 4.90 Å². The molecule has 11 rings (SSSR count). The number of anilines is 3. The molecule has 0 saturated carbocycles. The lowest BCUT2D eigenvalue weighted by Gasteiger charge is -2.26. The monoisotopic (exact) mass is 682 g/mol. The average molecular weight is 683 g/mol. The summed E-state index contributed by atoms with van der Waals surface area (Å²) in [5.74, 6) is 0. The summed E-state index contributed by atoms with van der Waals surface area (Å²) in [7, 11) is 0. The first kappa shape index (κ1) is 29.1. The molecule has 0 atom stereocenters. The van der Waals surface area contributed by atoms with E-state index in [9.17, 15) is 0 Å². The third-order valence-corrected chi connectivity index (χ3v) is 11.5. The van der Waals surface area contributed by atoms with E-state index in [4.69, 9.17) is 4.42 Å². The van der Waals surface area contributed by atoms with Crippen molar-refractivity contribution in [2.24, 2.45) is 0 Å². The molecule has 0 N–H and O–H groups in total. The molecule has 244 valence electrons. The van der Waals surface area contributed by atoms with Crippen molar-refractivity contribution >= 4 is 92.3 Å². The lowest BCUT2D eigenvalue weighted by molar-refractivity contribution is 0.670. The molecular formula is C48H30N2OS. The number of thiophene rings is 1. The van der Waals surface area contributed by atoms with Crippen molar-refractivity contribution in [1.29, 1.82) is 0 Å². The zero-order valence-corrected chi connectivity index (χ0v) is 28.8. The molecule has 8 aromatic carbocycles. The maximum atomic E-state index is 6.74. The van der Waals surface area contributed by atoms with Crippen LogP contribution in [0.2, 0.25) is 0 Å². The van der Waals surface area contributed by atoms with Gasteiger partial charge in [0.2, 0.25) is 0 Å². The quantitative estimate of drug-likeness (QED) is 0.180. The minimum absolute atomic E-state index is 0.882. The Labute approximate surface area is 303 Å². The van der Waals surface area contributed by atoms with Crippen LogP contribution in [0.25, 0.3) is 80.7 Å². The summed E-state index contributed by atoms with van der Waals surface area (Å²) in [6.45, 7) is 0. The van der Waals surface area contributed by atoms with E-state index in [0.717, 1.165) is 61.3 Å². The van der Waals surface area contributed by atoms with Gasteiger partial charge in [0.25, 0.3) is 0 Å². The number of furan rings is 1. The largest absolute Gasteiger partial charge is 0.455 e. The van der Waals surface area contributed by atoms with Crippen LogP contribution in [-0.4, -0.2) is 4.57 Å². The normalized spacial score (nSPS) is 11.8. The lowest BCUT2D eigenvalue weighted by atomic mass is 9.99. The second kappa shape index (κ2) is 11.5. The van der Waals surface area contributed by atoms with Crippen LogP contribution in [0.5, 0.6) is 0 Å². The van der Waals surface area contributed by atoms with E-state index in [1.807, 2.05) is 17.4 Å². The second-order valence-corrected chi connectivity index (χ2v) is 14.4. The Hall–Kier alpha value is -6.62. The number of nitrogens with zero attached hydrogens (tertiary/aromatic N) is 2. The molecule has 3 heterocycles. The van der Waals surface area contributed by atoms with Crippen molar-refractivity contribution in [2.75, 3.05) is 4.90 Å². The minimum atomic E-state index is 0.882. The molecule has 0 aliphatic rings. The topological polar surface area (TPSA) is 21.3 Å². The Morgan fingerprint density at radius 2 is 1.10 bits per heavy atom. The van der Waals surface area contributed by atoms with E-state index < -0.39 is 0 Å². The number of aromatic nitrogens is 1. The average Bonchev–Trinajstić information content (AvgIpc) is 3.88. The first-order valence-corrected chi connectivity index (χ1v) is 18.4. The molecule has 0 saturated heterocycles. The van der Waals surface area contributed by atoms with Gasteiger partial charge in [0.05, 0.1) is 11.0 Å². The number of rotatable bonds is 5. The van der Waals surface area contributed by atoms with E-state index in [2.05, 4.69) is 185 Å². The molecule has 0 fully saturated rings. The number of para-hydroxylation sites is 4. The van der Waals surface area contributed by atoms with Gasteiger partial charge in [-0.2, -0.15) is 0 Å². The summed E-state index contributed by atoms with van der Waals surface area (Å²) in [6, 6.07) is 65.5. The molecule has 0 spiro atoms. The van der Waals surface area contributed by atoms with Crippen molar-refractivity contribution in [3.63, 3.8) is 0 Å². The number of fused-ring (bicyclic) bond motifs is 9. The van der Waals surface area contributed by atoms with E-state index >= 15 is 0 Å². The highest BCUT2D eigenvalue weighted by atomic mass is 32.1. The molecule has 3 aromatic heterocycles. The SMILES string of the molecule is c1ccc(N(c2ccc3sc4ccccc4c3c2)c2cc(-c3ccc4c5ccccc5n(-c5ccccc5)c4c3)c3oc4ccccc4c3c2)cc1. The Morgan fingerprint density at radius 3 is 1.96 bits per heavy atom. The van der Waals surface area contributed by atoms with E-state index in [-0.39, 0.29) is 0 Å². The maximum Gasteiger partial charge on any atom is 0.143 e. The van der Waals surface area contributed by atoms with Gasteiger partial charge in [0.1, 0.15) is 11.2 Å². The molecule has 11 aromatic rings. The van der Waals surface area contributed by atoms with Gasteiger partial charge in [-0.05, 0) is 84.4 Å². The zero-order valence-electron chi connectivity index (χ0n) is 28.0. The predicted molar refractivity (Wildman–Crippen MR) is 221 cm³/mol. The van der Waals surface area contributed by atoms with Gasteiger partial charge in [-0.1, -0.05) is 103 Å². The first-order chi connectivity index (χ1) is 25.8. The van der Waals surface area contributed by atoms with Gasteiger partial charge in [0, 0.05) is 70.0 Å². The van der Waals surface area contributed by atoms with Gasteiger partial charge < -0.3 is 13.9 Å². The third kappa shape index (κ3) is 4.45. The van der Waals surface area contributed by atoms with Gasteiger partial charge in [-0.25, -0.2) is 0 Å². The van der Waals surface area contributed by atoms with Crippen LogP contribution in [0.15, 0.2) is 186 Å². The van der Waals surface area contributed by atoms with Gasteiger partial charge in [-0.15, -0.1) is 11.3 Å². The van der Waals surface area contributed by atoms with Crippen molar-refractivity contribution < 1.29 is 4.42 Å². The van der Waals surface area contributed by atoms with E-state index in [1.54, 1.807) is 0 Å². The van der Waals surface area contributed by atoms with Crippen molar-refractivity contribution in [3.05, 3.63) is 182 Å². The smallest absolute Gasteiger partial charge is 0.143 e. The maximum absolute atomic E-state index is 6.74. The Bertz CT molecular complexity index is 3130. The highest BCUT2D eigenvalue weighted by Gasteiger charge is 2.21. The standard InChI is InChI=1S/C48H30N2OS/c1-3-13-32(14-4-1)49(34-24-26-47-41(28-34)39-19-9-12-22-46(39)52-47)35-29-40(48-42(30-35)38-18-8-11-21-45(38)51-48)31-23-25-37-36-17-7-10-20-43(36)50(44(37)27-31)33-15-5-2-6-16-33/h1-30H. The van der Waals surface area contributed by atoms with Crippen LogP contribution in [0.3, 0.4) is 0 Å². The van der Waals surface area contributed by atoms with Crippen LogP contribution in [0.4, 0.5) is 17.1 Å². The van der Waals surface area contributed by atoms with E-state index in [1.165, 1.54) is 36.5 Å². The number of benzene rings is 8. The summed E-state index contributed by atoms with van der Waals surface area (Å²) in [5, 5.41) is 7.22. The van der Waals surface area contributed by atoms with Crippen LogP contribution in [0, 0.1) is 0 Å². The molecular weight excluding hydrogens is 653 g/mol. The van der Waals surface area contributed by atoms with Crippen molar-refractivity contribution in [1.82, 2.24) is 4.57 Å². The molecule has 3 nitrogen and oxygen atoms in total. The Kier molecular flexibility index (Phi) is 6.42. The van der Waals surface area contributed by atoms with Gasteiger partial charge >= 0.3 is 0 Å². The fourth-order valence-corrected chi connectivity index (χ4v) is 9.11. The van der Waals surface area contributed by atoms with E-state index in [0.29, 0.717) is 0 Å². The molecule has 0 aliphatic heterocycles. The Balaban J connectivity index is 1.20. The van der Waals surface area contributed by atoms with Gasteiger partial charge in [0.15, 0.2) is 0 Å². The lowest BCUT2D eigenvalue weighted by Crippen LogP contribution is -2.10. The second-order valence-electron chi connectivity index (χ2n) is 13.3. The number of hydrogen-bond acceptors (Lipinski definition) is 3. The molecule has 4 heteroatoms. The summed E-state index contributed by atoms with van der Waals surface area (Å²) < 4.78 is 11.7. The van der Waals surface area contributed by atoms with Crippen molar-refractivity contribution in [2.45, 2.75) is 0 Å². The molecule has 0 amide bonds. The molecule has 52 heavy (non-hydrogen) atoms. The highest BCUT2D eigenvalue weighted by molar-refractivity contribution is 7.25. The molecule has 0 bridgehead atoms. The predicted octanol–water partition coefficient (Wildman–Crippen LogP) is 14.2. The molecule has 0 radical (unpaired) electrons. The summed E-state index contributed by atoms with van der Waals surface area (Å²) >= 11 is 1.85. The van der Waals surface area contributed by atoms with Gasteiger partial charge in [-0.3, -0.25) is 0 Å². The fraction of sp³-hybridized carbons (Fsp3) is 0. The minimum Gasteiger partial charge on any atom is -0.455 e. The van der Waals surface area contributed by atoms with Crippen LogP contribution >= 0.6 is 11.3 Å². The number of hydrogen-bond donors (Lipinski definition) is 0. The third-order valence-electron chi connectivity index (χ3n) is 10.4. The Morgan fingerprint density at radius 1 is 0.423 bits per heavy atom.